The lowest BCUT2D eigenvalue weighted by Gasteiger charge is -1.96. The van der Waals surface area contributed by atoms with Gasteiger partial charge in [0.2, 0.25) is 0 Å². The molecule has 0 fully saturated rings. The van der Waals surface area contributed by atoms with Crippen LogP contribution in [0.5, 0.6) is 0 Å². The summed E-state index contributed by atoms with van der Waals surface area (Å²) in [5.41, 5.74) is 4.62. The van der Waals surface area contributed by atoms with Gasteiger partial charge in [-0.2, -0.15) is 0 Å². The van der Waals surface area contributed by atoms with E-state index in [0.29, 0.717) is 0 Å². The summed E-state index contributed by atoms with van der Waals surface area (Å²) in [5.74, 6) is 0. The first kappa shape index (κ1) is 11.2. The van der Waals surface area contributed by atoms with Gasteiger partial charge in [0.25, 0.3) is 0 Å². The first-order valence-electron chi connectivity index (χ1n) is 6.06. The van der Waals surface area contributed by atoms with E-state index in [-0.39, 0.29) is 0 Å². The number of furan rings is 1. The Morgan fingerprint density at radius 1 is 1.05 bits per heavy atom. The number of aromatic nitrogens is 1. The van der Waals surface area contributed by atoms with Gasteiger partial charge < -0.3 is 4.42 Å². The molecule has 0 aliphatic carbocycles. The van der Waals surface area contributed by atoms with E-state index in [0.717, 1.165) is 16.1 Å². The molecule has 0 amide bonds. The number of benzene rings is 1. The predicted octanol–water partition coefficient (Wildman–Crippen LogP) is 5.39. The van der Waals surface area contributed by atoms with Gasteiger partial charge in [-0.25, -0.2) is 4.98 Å². The topological polar surface area (TPSA) is 26.0 Å². The molecule has 0 N–H and O–H groups in total. The third-order valence-electron chi connectivity index (χ3n) is 3.29. The Balaban J connectivity index is 1.98. The van der Waals surface area contributed by atoms with E-state index in [1.807, 2.05) is 6.07 Å². The fraction of sp³-hybridized carbons (Fsp3) is 0.133. The Kier molecular flexibility index (Phi) is 2.31. The van der Waals surface area contributed by atoms with Crippen LogP contribution in [0.1, 0.15) is 11.1 Å². The van der Waals surface area contributed by atoms with Crippen LogP contribution in [0.3, 0.4) is 0 Å². The molecule has 4 heteroatoms. The molecule has 0 radical (unpaired) electrons. The number of nitrogens with zero attached hydrogens (tertiary/aromatic N) is 1. The van der Waals surface area contributed by atoms with Crippen LogP contribution in [-0.4, -0.2) is 4.98 Å². The van der Waals surface area contributed by atoms with Gasteiger partial charge >= 0.3 is 0 Å². The van der Waals surface area contributed by atoms with Gasteiger partial charge in [-0.3, -0.25) is 0 Å². The molecule has 19 heavy (non-hydrogen) atoms. The summed E-state index contributed by atoms with van der Waals surface area (Å²) in [6, 6.07) is 8.40. The third kappa shape index (κ3) is 1.64. The maximum absolute atomic E-state index is 5.43. The molecule has 2 nitrogen and oxygen atoms in total. The Labute approximate surface area is 118 Å². The number of rotatable bonds is 1. The number of hydrogen-bond donors (Lipinski definition) is 0. The molecule has 0 spiro atoms. The smallest absolute Gasteiger partial charge is 0.145 e. The fourth-order valence-corrected chi connectivity index (χ4v) is 4.38. The molecule has 0 bridgehead atoms. The normalized spacial score (nSPS) is 11.7. The quantitative estimate of drug-likeness (QED) is 0.469. The average molecular weight is 285 g/mol. The van der Waals surface area contributed by atoms with E-state index in [9.17, 15) is 0 Å². The number of thiophene rings is 1. The van der Waals surface area contributed by atoms with Gasteiger partial charge in [0.05, 0.1) is 26.1 Å². The van der Waals surface area contributed by atoms with E-state index in [4.69, 9.17) is 9.40 Å². The second kappa shape index (κ2) is 3.92. The van der Waals surface area contributed by atoms with E-state index in [2.05, 4.69) is 32.0 Å². The molecule has 3 heterocycles. The zero-order valence-corrected chi connectivity index (χ0v) is 12.2. The van der Waals surface area contributed by atoms with Crippen LogP contribution in [0, 0.1) is 13.8 Å². The molecule has 94 valence electrons. The highest BCUT2D eigenvalue weighted by Crippen LogP contribution is 2.39. The predicted molar refractivity (Wildman–Crippen MR) is 82.2 cm³/mol. The second-order valence-electron chi connectivity index (χ2n) is 4.66. The summed E-state index contributed by atoms with van der Waals surface area (Å²) in [4.78, 5) is 5.99. The zero-order chi connectivity index (χ0) is 13.0. The van der Waals surface area contributed by atoms with E-state index >= 15 is 0 Å². The molecular weight excluding hydrogens is 274 g/mol. The summed E-state index contributed by atoms with van der Waals surface area (Å²) < 4.78 is 7.90. The minimum Gasteiger partial charge on any atom is -0.463 e. The van der Waals surface area contributed by atoms with Gasteiger partial charge in [0.15, 0.2) is 0 Å². The molecule has 1 aromatic carbocycles. The van der Waals surface area contributed by atoms with Crippen LogP contribution in [0.15, 0.2) is 34.9 Å². The standard InChI is InChI=1S/C15H11NOS2/c1-8-3-4-9(2)14-13(8)16-15(19-14)12-7-10-11(18-12)5-6-17-10/h3-7H,1-2H3. The highest BCUT2D eigenvalue weighted by molar-refractivity contribution is 7.28. The maximum atomic E-state index is 5.43. The van der Waals surface area contributed by atoms with Crippen molar-refractivity contribution in [3.63, 3.8) is 0 Å². The van der Waals surface area contributed by atoms with Crippen molar-refractivity contribution in [2.75, 3.05) is 0 Å². The van der Waals surface area contributed by atoms with Gasteiger partial charge in [-0.15, -0.1) is 22.7 Å². The highest BCUT2D eigenvalue weighted by atomic mass is 32.1. The Morgan fingerprint density at radius 3 is 2.68 bits per heavy atom. The van der Waals surface area contributed by atoms with Crippen molar-refractivity contribution >= 4 is 43.2 Å². The Morgan fingerprint density at radius 2 is 1.89 bits per heavy atom. The van der Waals surface area contributed by atoms with E-state index in [1.54, 1.807) is 28.9 Å². The van der Waals surface area contributed by atoms with Crippen LogP contribution in [-0.2, 0) is 0 Å². The number of thiazole rings is 1. The minimum absolute atomic E-state index is 0.952. The van der Waals surface area contributed by atoms with Crippen LogP contribution in [0.25, 0.3) is 30.4 Å². The Hall–Kier alpha value is -1.65. The lowest BCUT2D eigenvalue weighted by atomic mass is 10.1. The lowest BCUT2D eigenvalue weighted by Crippen LogP contribution is -1.78. The first-order chi connectivity index (χ1) is 9.22. The molecule has 0 aliphatic heterocycles. The maximum Gasteiger partial charge on any atom is 0.145 e. The molecular formula is C15H11NOS2. The molecule has 0 unspecified atom stereocenters. The monoisotopic (exact) mass is 285 g/mol. The average Bonchev–Trinajstić information content (AvgIpc) is 3.05. The van der Waals surface area contributed by atoms with Gasteiger partial charge in [-0.1, -0.05) is 12.1 Å². The summed E-state index contributed by atoms with van der Waals surface area (Å²) in [5, 5.41) is 1.09. The second-order valence-corrected chi connectivity index (χ2v) is 6.74. The molecule has 0 saturated heterocycles. The molecule has 4 aromatic rings. The van der Waals surface area contributed by atoms with Crippen molar-refractivity contribution in [2.45, 2.75) is 13.8 Å². The van der Waals surface area contributed by atoms with Crippen molar-refractivity contribution in [2.24, 2.45) is 0 Å². The summed E-state index contributed by atoms with van der Waals surface area (Å²) in [6.07, 6.45) is 1.73. The largest absolute Gasteiger partial charge is 0.463 e. The fourth-order valence-electron chi connectivity index (χ4n) is 2.24. The summed E-state index contributed by atoms with van der Waals surface area (Å²) >= 11 is 3.51. The molecule has 0 aliphatic rings. The third-order valence-corrected chi connectivity index (χ3v) is 5.73. The lowest BCUT2D eigenvalue weighted by molar-refractivity contribution is 0.616. The van der Waals surface area contributed by atoms with Crippen molar-refractivity contribution in [1.82, 2.24) is 4.98 Å². The summed E-state index contributed by atoms with van der Waals surface area (Å²) in [6.45, 7) is 4.26. The van der Waals surface area contributed by atoms with Crippen LogP contribution in [0.2, 0.25) is 0 Å². The molecule has 0 atom stereocenters. The highest BCUT2D eigenvalue weighted by Gasteiger charge is 2.13. The SMILES string of the molecule is Cc1ccc(C)c2sc(-c3cc4occc4s3)nc12. The van der Waals surface area contributed by atoms with Gasteiger partial charge in [-0.05, 0) is 31.0 Å². The van der Waals surface area contributed by atoms with Crippen LogP contribution >= 0.6 is 22.7 Å². The number of aryl methyl sites for hydroxylation is 2. The van der Waals surface area contributed by atoms with Gasteiger partial charge in [0, 0.05) is 6.07 Å². The Bertz CT molecular complexity index is 830. The van der Waals surface area contributed by atoms with Crippen molar-refractivity contribution in [1.29, 1.82) is 0 Å². The molecule has 4 rings (SSSR count). The van der Waals surface area contributed by atoms with Gasteiger partial charge in [0.1, 0.15) is 10.6 Å². The van der Waals surface area contributed by atoms with Crippen molar-refractivity contribution < 1.29 is 4.42 Å². The zero-order valence-electron chi connectivity index (χ0n) is 10.6. The van der Waals surface area contributed by atoms with Crippen molar-refractivity contribution in [3.8, 4) is 9.88 Å². The number of hydrogen-bond acceptors (Lipinski definition) is 4. The van der Waals surface area contributed by atoms with Crippen LogP contribution in [0.4, 0.5) is 0 Å². The molecule has 3 aromatic heterocycles. The van der Waals surface area contributed by atoms with E-state index in [1.165, 1.54) is 25.4 Å². The van der Waals surface area contributed by atoms with E-state index < -0.39 is 0 Å². The van der Waals surface area contributed by atoms with Crippen LogP contribution < -0.4 is 0 Å². The number of fused-ring (bicyclic) bond motifs is 2. The first-order valence-corrected chi connectivity index (χ1v) is 7.70. The minimum atomic E-state index is 0.952. The summed E-state index contributed by atoms with van der Waals surface area (Å²) in [7, 11) is 0. The molecule has 0 saturated carbocycles. The van der Waals surface area contributed by atoms with Crippen molar-refractivity contribution in [3.05, 3.63) is 41.7 Å².